The van der Waals surface area contributed by atoms with Gasteiger partial charge in [0.1, 0.15) is 0 Å². The van der Waals surface area contributed by atoms with Crippen LogP contribution in [0.25, 0.3) is 0 Å². The van der Waals surface area contributed by atoms with Gasteiger partial charge in [-0.25, -0.2) is 0 Å². The van der Waals surface area contributed by atoms with Crippen LogP contribution < -0.4 is 5.73 Å². The number of likely N-dealkylation sites (N-methyl/N-ethyl adjacent to an activating group) is 1. The van der Waals surface area contributed by atoms with Crippen LogP contribution in [0, 0.1) is 0 Å². The normalized spacial score (nSPS) is 34.3. The monoisotopic (exact) mass is 197 g/mol. The average molecular weight is 197 g/mol. The van der Waals surface area contributed by atoms with Gasteiger partial charge in [0.2, 0.25) is 0 Å². The van der Waals surface area contributed by atoms with Gasteiger partial charge in [0.25, 0.3) is 0 Å². The van der Waals surface area contributed by atoms with Crippen molar-refractivity contribution in [2.24, 2.45) is 5.73 Å². The Bertz CT molecular complexity index is 203. The van der Waals surface area contributed by atoms with Crippen molar-refractivity contribution in [3.05, 3.63) is 0 Å². The molecule has 3 nitrogen and oxygen atoms in total. The highest BCUT2D eigenvalue weighted by atomic mass is 15.3. The molecule has 0 aromatic carbocycles. The Morgan fingerprint density at radius 3 is 2.71 bits per heavy atom. The molecule has 0 bridgehead atoms. The molecule has 2 aliphatic rings. The zero-order chi connectivity index (χ0) is 10.2. The van der Waals surface area contributed by atoms with E-state index in [1.165, 1.54) is 32.4 Å². The Morgan fingerprint density at radius 1 is 1.50 bits per heavy atom. The lowest BCUT2D eigenvalue weighted by atomic mass is 9.97. The molecule has 0 aromatic heterocycles. The van der Waals surface area contributed by atoms with Crippen LogP contribution in [0.4, 0.5) is 0 Å². The molecule has 1 aliphatic heterocycles. The van der Waals surface area contributed by atoms with Crippen molar-refractivity contribution < 1.29 is 0 Å². The van der Waals surface area contributed by atoms with Gasteiger partial charge in [0, 0.05) is 31.2 Å². The van der Waals surface area contributed by atoms with Crippen LogP contribution in [0.15, 0.2) is 0 Å². The number of rotatable bonds is 4. The van der Waals surface area contributed by atoms with Gasteiger partial charge in [0.05, 0.1) is 0 Å². The van der Waals surface area contributed by atoms with E-state index in [9.17, 15) is 0 Å². The van der Waals surface area contributed by atoms with Crippen molar-refractivity contribution in [1.29, 1.82) is 0 Å². The summed E-state index contributed by atoms with van der Waals surface area (Å²) in [5, 5.41) is 0. The first-order valence-corrected chi connectivity index (χ1v) is 5.87. The minimum Gasteiger partial charge on any atom is -0.329 e. The predicted octanol–water partition coefficient (Wildman–Crippen LogP) is 0.504. The quantitative estimate of drug-likeness (QED) is 0.712. The van der Waals surface area contributed by atoms with Crippen molar-refractivity contribution >= 4 is 0 Å². The van der Waals surface area contributed by atoms with Crippen molar-refractivity contribution in [3.63, 3.8) is 0 Å². The molecule has 0 radical (unpaired) electrons. The largest absolute Gasteiger partial charge is 0.329 e. The topological polar surface area (TPSA) is 32.5 Å². The highest BCUT2D eigenvalue weighted by Crippen LogP contribution is 2.35. The second kappa shape index (κ2) is 3.80. The van der Waals surface area contributed by atoms with Crippen LogP contribution in [0.3, 0.4) is 0 Å². The zero-order valence-electron chi connectivity index (χ0n) is 9.50. The highest BCUT2D eigenvalue weighted by Gasteiger charge is 2.44. The molecule has 82 valence electrons. The van der Waals surface area contributed by atoms with E-state index in [4.69, 9.17) is 5.73 Å². The van der Waals surface area contributed by atoms with E-state index in [-0.39, 0.29) is 5.54 Å². The first-order chi connectivity index (χ1) is 6.72. The van der Waals surface area contributed by atoms with Gasteiger partial charge in [-0.2, -0.15) is 0 Å². The summed E-state index contributed by atoms with van der Waals surface area (Å²) in [6.45, 7) is 6.58. The van der Waals surface area contributed by atoms with Crippen LogP contribution in [-0.4, -0.2) is 54.6 Å². The molecule has 14 heavy (non-hydrogen) atoms. The van der Waals surface area contributed by atoms with Gasteiger partial charge in [-0.1, -0.05) is 6.92 Å². The third-order valence-electron chi connectivity index (χ3n) is 4.09. The van der Waals surface area contributed by atoms with E-state index in [0.29, 0.717) is 0 Å². The van der Waals surface area contributed by atoms with Crippen molar-refractivity contribution in [3.8, 4) is 0 Å². The lowest BCUT2D eigenvalue weighted by Crippen LogP contribution is -2.54. The maximum atomic E-state index is 5.96. The molecule has 0 amide bonds. The second-order valence-corrected chi connectivity index (χ2v) is 4.89. The Kier molecular flexibility index (Phi) is 2.82. The fourth-order valence-corrected chi connectivity index (χ4v) is 2.61. The van der Waals surface area contributed by atoms with Crippen LogP contribution in [0.5, 0.6) is 0 Å². The van der Waals surface area contributed by atoms with Gasteiger partial charge in [0.15, 0.2) is 0 Å². The molecule has 2 fully saturated rings. The van der Waals surface area contributed by atoms with Crippen LogP contribution in [0.1, 0.15) is 26.2 Å². The van der Waals surface area contributed by atoms with E-state index in [1.54, 1.807) is 0 Å². The first-order valence-electron chi connectivity index (χ1n) is 5.87. The van der Waals surface area contributed by atoms with Crippen LogP contribution in [-0.2, 0) is 0 Å². The van der Waals surface area contributed by atoms with E-state index in [2.05, 4.69) is 23.8 Å². The molecule has 1 saturated carbocycles. The molecule has 3 heteroatoms. The Labute approximate surface area is 87.2 Å². The van der Waals surface area contributed by atoms with Crippen molar-refractivity contribution in [1.82, 2.24) is 9.80 Å². The number of nitrogens with two attached hydrogens (primary N) is 1. The van der Waals surface area contributed by atoms with E-state index >= 15 is 0 Å². The average Bonchev–Trinajstić information content (AvgIpc) is 2.98. The molecule has 1 atom stereocenters. The molecular weight excluding hydrogens is 174 g/mol. The SMILES string of the molecule is CCN(C)C1(CN)CCN(C2CC2)C1. The smallest absolute Gasteiger partial charge is 0.0467 e. The standard InChI is InChI=1S/C11H23N3/c1-3-13(2)11(8-12)6-7-14(9-11)10-4-5-10/h10H,3-9,12H2,1-2H3. The highest BCUT2D eigenvalue weighted by molar-refractivity contribution is 5.02. The molecule has 2 rings (SSSR count). The number of nitrogens with zero attached hydrogens (tertiary/aromatic N) is 2. The minimum absolute atomic E-state index is 0.275. The van der Waals surface area contributed by atoms with Crippen LogP contribution >= 0.6 is 0 Å². The molecule has 1 heterocycles. The third-order valence-corrected chi connectivity index (χ3v) is 4.09. The molecule has 1 saturated heterocycles. The van der Waals surface area contributed by atoms with Crippen LogP contribution in [0.2, 0.25) is 0 Å². The first kappa shape index (κ1) is 10.4. The van der Waals surface area contributed by atoms with Gasteiger partial charge < -0.3 is 5.73 Å². The Morgan fingerprint density at radius 2 is 2.21 bits per heavy atom. The summed E-state index contributed by atoms with van der Waals surface area (Å²) in [6.07, 6.45) is 4.08. The van der Waals surface area contributed by atoms with Gasteiger partial charge in [-0.05, 0) is 32.9 Å². The summed E-state index contributed by atoms with van der Waals surface area (Å²) in [7, 11) is 2.21. The van der Waals surface area contributed by atoms with E-state index in [1.807, 2.05) is 0 Å². The summed E-state index contributed by atoms with van der Waals surface area (Å²) in [6, 6.07) is 0.897. The summed E-state index contributed by atoms with van der Waals surface area (Å²) in [4.78, 5) is 5.08. The maximum Gasteiger partial charge on any atom is 0.0467 e. The molecule has 0 aromatic rings. The summed E-state index contributed by atoms with van der Waals surface area (Å²) < 4.78 is 0. The Hall–Kier alpha value is -0.120. The minimum atomic E-state index is 0.275. The summed E-state index contributed by atoms with van der Waals surface area (Å²) >= 11 is 0. The number of likely N-dealkylation sites (tertiary alicyclic amines) is 1. The van der Waals surface area contributed by atoms with E-state index in [0.717, 1.165) is 19.1 Å². The van der Waals surface area contributed by atoms with Crippen molar-refractivity contribution in [2.45, 2.75) is 37.8 Å². The number of hydrogen-bond acceptors (Lipinski definition) is 3. The molecular formula is C11H23N3. The second-order valence-electron chi connectivity index (χ2n) is 4.89. The summed E-state index contributed by atoms with van der Waals surface area (Å²) in [5.41, 5.74) is 6.23. The summed E-state index contributed by atoms with van der Waals surface area (Å²) in [5.74, 6) is 0. The van der Waals surface area contributed by atoms with Gasteiger partial charge in [-0.3, -0.25) is 9.80 Å². The van der Waals surface area contributed by atoms with Crippen molar-refractivity contribution in [2.75, 3.05) is 33.2 Å². The molecule has 1 unspecified atom stereocenters. The molecule has 1 aliphatic carbocycles. The lowest BCUT2D eigenvalue weighted by Gasteiger charge is -2.37. The fourth-order valence-electron chi connectivity index (χ4n) is 2.61. The van der Waals surface area contributed by atoms with Gasteiger partial charge >= 0.3 is 0 Å². The van der Waals surface area contributed by atoms with E-state index < -0.39 is 0 Å². The molecule has 0 spiro atoms. The Balaban J connectivity index is 1.99. The molecule has 2 N–H and O–H groups in total. The zero-order valence-corrected chi connectivity index (χ0v) is 9.50. The fraction of sp³-hybridized carbons (Fsp3) is 1.00. The number of hydrogen-bond donors (Lipinski definition) is 1. The predicted molar refractivity (Wildman–Crippen MR) is 59.3 cm³/mol. The lowest BCUT2D eigenvalue weighted by molar-refractivity contribution is 0.134. The van der Waals surface area contributed by atoms with Gasteiger partial charge in [-0.15, -0.1) is 0 Å². The third kappa shape index (κ3) is 1.69. The maximum absolute atomic E-state index is 5.96.